The first-order valence-corrected chi connectivity index (χ1v) is 16.0. The molecule has 1 aromatic heterocycles. The summed E-state index contributed by atoms with van der Waals surface area (Å²) in [6.07, 6.45) is -2.41. The minimum Gasteiger partial charge on any atom is -0.495 e. The summed E-state index contributed by atoms with van der Waals surface area (Å²) in [7, 11) is -1.44. The van der Waals surface area contributed by atoms with E-state index in [2.05, 4.69) is 20.6 Å². The van der Waals surface area contributed by atoms with Crippen molar-refractivity contribution in [2.75, 3.05) is 24.8 Å². The standard InChI is InChI=1S/C29H32F3N6O7P/c1-38-13-19-18(16-4-6-17(7-5-16)26(39)37-41)8-10-22(24(19)27(38)40)34-25-20(29(30,31)32)12-33-28(36-25)35-21-9-3-15(11-23(21)45-2)14-46(42,43)44/h3,8-12,16-17,41H,4-7,13-14H2,1-2H3,(H,37,39)(H2,42,43,44)(H2,33,34,35,36)/t16-,17+. The summed E-state index contributed by atoms with van der Waals surface area (Å²) in [6.45, 7) is 0.261. The maximum absolute atomic E-state index is 14.1. The Balaban J connectivity index is 1.47. The van der Waals surface area contributed by atoms with Gasteiger partial charge in [-0.2, -0.15) is 18.2 Å². The van der Waals surface area contributed by atoms with E-state index in [1.807, 2.05) is 0 Å². The number of hydrogen-bond acceptors (Lipinski definition) is 9. The van der Waals surface area contributed by atoms with Gasteiger partial charge in [-0.05, 0) is 66.5 Å². The number of benzene rings is 2. The number of fused-ring (bicyclic) bond motifs is 1. The lowest BCUT2D eigenvalue weighted by Crippen LogP contribution is -2.30. The predicted molar refractivity (Wildman–Crippen MR) is 159 cm³/mol. The first-order chi connectivity index (χ1) is 21.7. The summed E-state index contributed by atoms with van der Waals surface area (Å²) in [5, 5.41) is 14.5. The number of rotatable bonds is 9. The minimum atomic E-state index is -4.84. The maximum atomic E-state index is 14.1. The van der Waals surface area contributed by atoms with Gasteiger partial charge in [-0.3, -0.25) is 19.4 Å². The third-order valence-electron chi connectivity index (χ3n) is 8.20. The van der Waals surface area contributed by atoms with Gasteiger partial charge in [0.2, 0.25) is 11.9 Å². The van der Waals surface area contributed by atoms with Gasteiger partial charge < -0.3 is 30.1 Å². The molecule has 2 heterocycles. The Bertz CT molecular complexity index is 1710. The molecule has 0 atom stereocenters. The Hall–Kier alpha value is -4.24. The van der Waals surface area contributed by atoms with E-state index in [0.29, 0.717) is 37.4 Å². The van der Waals surface area contributed by atoms with E-state index in [9.17, 15) is 37.1 Å². The second kappa shape index (κ2) is 12.9. The summed E-state index contributed by atoms with van der Waals surface area (Å²) < 4.78 is 59.0. The van der Waals surface area contributed by atoms with Crippen LogP contribution in [0, 0.1) is 5.92 Å². The molecule has 1 saturated carbocycles. The molecule has 0 bridgehead atoms. The van der Waals surface area contributed by atoms with Crippen LogP contribution >= 0.6 is 7.60 Å². The molecular weight excluding hydrogens is 632 g/mol. The number of carbonyl (C=O) groups is 2. The Labute approximate surface area is 261 Å². The lowest BCUT2D eigenvalue weighted by Gasteiger charge is -2.29. The van der Waals surface area contributed by atoms with Crippen LogP contribution in [0.3, 0.4) is 0 Å². The Kier molecular flexibility index (Phi) is 9.27. The molecular formula is C29H32F3N6O7P. The molecule has 46 heavy (non-hydrogen) atoms. The number of alkyl halides is 3. The fourth-order valence-electron chi connectivity index (χ4n) is 5.99. The van der Waals surface area contributed by atoms with Gasteiger partial charge in [0.25, 0.3) is 5.91 Å². The summed E-state index contributed by atoms with van der Waals surface area (Å²) in [4.78, 5) is 53.1. The second-order valence-corrected chi connectivity index (χ2v) is 12.9. The van der Waals surface area contributed by atoms with E-state index in [-0.39, 0.29) is 58.5 Å². The van der Waals surface area contributed by atoms with Gasteiger partial charge in [0, 0.05) is 25.7 Å². The Morgan fingerprint density at radius 3 is 2.43 bits per heavy atom. The molecule has 246 valence electrons. The molecule has 0 unspecified atom stereocenters. The maximum Gasteiger partial charge on any atom is 0.421 e. The van der Waals surface area contributed by atoms with Gasteiger partial charge in [0.1, 0.15) is 17.1 Å². The van der Waals surface area contributed by atoms with E-state index in [1.54, 1.807) is 24.7 Å². The Morgan fingerprint density at radius 2 is 1.80 bits per heavy atom. The van der Waals surface area contributed by atoms with E-state index in [4.69, 9.17) is 9.94 Å². The number of anilines is 4. The van der Waals surface area contributed by atoms with Gasteiger partial charge in [0.15, 0.2) is 0 Å². The summed E-state index contributed by atoms with van der Waals surface area (Å²) in [5.74, 6) is -1.79. The van der Waals surface area contributed by atoms with E-state index < -0.39 is 37.2 Å². The number of nitrogens with zero attached hydrogens (tertiary/aromatic N) is 3. The highest BCUT2D eigenvalue weighted by atomic mass is 31.2. The largest absolute Gasteiger partial charge is 0.495 e. The van der Waals surface area contributed by atoms with Crippen LogP contribution < -0.4 is 20.9 Å². The molecule has 1 aliphatic carbocycles. The van der Waals surface area contributed by atoms with Crippen molar-refractivity contribution < 1.29 is 47.1 Å². The third kappa shape index (κ3) is 7.09. The molecule has 0 radical (unpaired) electrons. The zero-order chi connectivity index (χ0) is 33.4. The molecule has 2 aliphatic rings. The van der Waals surface area contributed by atoms with Gasteiger partial charge in [-0.15, -0.1) is 0 Å². The summed E-state index contributed by atoms with van der Waals surface area (Å²) in [5.41, 5.74) is 2.98. The average molecular weight is 665 g/mol. The van der Waals surface area contributed by atoms with Crippen molar-refractivity contribution in [3.63, 3.8) is 0 Å². The number of aromatic nitrogens is 2. The smallest absolute Gasteiger partial charge is 0.421 e. The van der Waals surface area contributed by atoms with Crippen LogP contribution in [-0.4, -0.2) is 55.8 Å². The molecule has 1 fully saturated rings. The molecule has 2 aromatic carbocycles. The molecule has 0 saturated heterocycles. The predicted octanol–water partition coefficient (Wildman–Crippen LogP) is 5.03. The topological polar surface area (TPSA) is 186 Å². The highest BCUT2D eigenvalue weighted by Gasteiger charge is 2.38. The van der Waals surface area contributed by atoms with E-state index in [1.165, 1.54) is 30.2 Å². The number of amides is 2. The normalized spacial score (nSPS) is 18.3. The summed E-state index contributed by atoms with van der Waals surface area (Å²) in [6, 6.07) is 7.57. The molecule has 3 aromatic rings. The fraction of sp³-hybridized carbons (Fsp3) is 0.379. The van der Waals surface area contributed by atoms with Crippen LogP contribution in [-0.2, 0) is 28.2 Å². The van der Waals surface area contributed by atoms with Crippen molar-refractivity contribution in [2.45, 2.75) is 50.5 Å². The van der Waals surface area contributed by atoms with Gasteiger partial charge in [-0.1, -0.05) is 12.1 Å². The van der Waals surface area contributed by atoms with Gasteiger partial charge >= 0.3 is 13.8 Å². The van der Waals surface area contributed by atoms with Gasteiger partial charge in [0.05, 0.1) is 30.2 Å². The molecule has 2 amide bonds. The number of halogens is 3. The quantitative estimate of drug-likeness (QED) is 0.102. The van der Waals surface area contributed by atoms with Crippen LogP contribution in [0.5, 0.6) is 5.75 Å². The fourth-order valence-corrected chi connectivity index (χ4v) is 6.66. The lowest BCUT2D eigenvalue weighted by atomic mass is 9.76. The van der Waals surface area contributed by atoms with Crippen molar-refractivity contribution >= 4 is 42.6 Å². The SMILES string of the molecule is COc1cc(CP(=O)(O)O)ccc1Nc1ncc(C(F)(F)F)c(Nc2ccc([C@H]3CC[C@@H](C(=O)NO)CC3)c3c2C(=O)N(C)C3)n1. The molecule has 6 N–H and O–H groups in total. The number of carbonyl (C=O) groups excluding carboxylic acids is 2. The molecule has 0 spiro atoms. The number of hydrogen-bond donors (Lipinski definition) is 6. The van der Waals surface area contributed by atoms with E-state index in [0.717, 1.165) is 5.56 Å². The van der Waals surface area contributed by atoms with Crippen molar-refractivity contribution in [2.24, 2.45) is 5.92 Å². The second-order valence-electron chi connectivity index (χ2n) is 11.3. The molecule has 1 aliphatic heterocycles. The minimum absolute atomic E-state index is 0.0218. The number of hydroxylamine groups is 1. The number of nitrogens with one attached hydrogen (secondary N) is 3. The van der Waals surface area contributed by atoms with E-state index >= 15 is 0 Å². The molecule has 5 rings (SSSR count). The number of methoxy groups -OCH3 is 1. The highest BCUT2D eigenvalue weighted by Crippen LogP contribution is 2.44. The Morgan fingerprint density at radius 1 is 1.11 bits per heavy atom. The zero-order valence-electron chi connectivity index (χ0n) is 24.8. The first-order valence-electron chi connectivity index (χ1n) is 14.2. The highest BCUT2D eigenvalue weighted by molar-refractivity contribution is 7.50. The average Bonchev–Trinajstić information content (AvgIpc) is 3.30. The first kappa shape index (κ1) is 33.1. The molecule has 17 heteroatoms. The van der Waals surface area contributed by atoms with Gasteiger partial charge in [-0.25, -0.2) is 10.5 Å². The lowest BCUT2D eigenvalue weighted by molar-refractivity contribution is -0.137. The van der Waals surface area contributed by atoms with Crippen molar-refractivity contribution in [1.29, 1.82) is 0 Å². The van der Waals surface area contributed by atoms with Crippen LogP contribution in [0.25, 0.3) is 0 Å². The summed E-state index contributed by atoms with van der Waals surface area (Å²) >= 11 is 0. The van der Waals surface area contributed by atoms with Crippen LogP contribution in [0.4, 0.5) is 36.3 Å². The van der Waals surface area contributed by atoms with Crippen molar-refractivity contribution in [1.82, 2.24) is 20.3 Å². The monoisotopic (exact) mass is 664 g/mol. The zero-order valence-corrected chi connectivity index (χ0v) is 25.7. The van der Waals surface area contributed by atoms with Crippen LogP contribution in [0.1, 0.15) is 64.2 Å². The van der Waals surface area contributed by atoms with Crippen molar-refractivity contribution in [3.8, 4) is 5.75 Å². The molecule has 13 nitrogen and oxygen atoms in total. The van der Waals surface area contributed by atoms with Crippen molar-refractivity contribution in [3.05, 3.63) is 64.3 Å². The third-order valence-corrected chi connectivity index (χ3v) is 8.98. The number of ether oxygens (including phenoxy) is 1. The van der Waals surface area contributed by atoms with Crippen LogP contribution in [0.2, 0.25) is 0 Å². The van der Waals surface area contributed by atoms with Crippen LogP contribution in [0.15, 0.2) is 36.5 Å².